The second-order valence-electron chi connectivity index (χ2n) is 4.58. The van der Waals surface area contributed by atoms with Crippen LogP contribution in [-0.4, -0.2) is 27.6 Å². The van der Waals surface area contributed by atoms with Gasteiger partial charge in [0.2, 0.25) is 0 Å². The van der Waals surface area contributed by atoms with Crippen LogP contribution >= 0.6 is 0 Å². The van der Waals surface area contributed by atoms with Crippen molar-refractivity contribution in [2.24, 2.45) is 13.0 Å². The van der Waals surface area contributed by atoms with Gasteiger partial charge in [0.05, 0.1) is 17.9 Å². The van der Waals surface area contributed by atoms with Gasteiger partial charge in [-0.05, 0) is 38.2 Å². The van der Waals surface area contributed by atoms with Gasteiger partial charge in [0.25, 0.3) is 0 Å². The lowest BCUT2D eigenvalue weighted by Crippen LogP contribution is -2.32. The van der Waals surface area contributed by atoms with E-state index >= 15 is 0 Å². The molecule has 1 fully saturated rings. The van der Waals surface area contributed by atoms with E-state index in [2.05, 4.69) is 5.10 Å². The molecule has 1 unspecified atom stereocenters. The number of aliphatic hydroxyl groups is 1. The lowest BCUT2D eigenvalue weighted by Gasteiger charge is -2.35. The van der Waals surface area contributed by atoms with E-state index in [1.54, 1.807) is 4.68 Å². The molecule has 0 aliphatic heterocycles. The molecule has 90 valence electrons. The molecule has 1 saturated carbocycles. The Labute approximate surface area is 96.2 Å². The highest BCUT2D eigenvalue weighted by molar-refractivity contribution is 5.03. The first-order chi connectivity index (χ1) is 7.69. The molecule has 0 amide bonds. The normalized spacial score (nSPS) is 26.4. The number of hydrogen-bond acceptors (Lipinski definition) is 3. The van der Waals surface area contributed by atoms with Gasteiger partial charge in [-0.2, -0.15) is 5.10 Å². The number of nitrogens with zero attached hydrogens (tertiary/aromatic N) is 2. The highest BCUT2D eigenvalue weighted by atomic mass is 16.5. The number of ether oxygens (including phenoxy) is 1. The summed E-state index contributed by atoms with van der Waals surface area (Å²) in [4.78, 5) is 0. The van der Waals surface area contributed by atoms with Crippen LogP contribution in [0.15, 0.2) is 12.3 Å². The van der Waals surface area contributed by atoms with Crippen LogP contribution in [0, 0.1) is 5.92 Å². The topological polar surface area (TPSA) is 47.3 Å². The van der Waals surface area contributed by atoms with E-state index in [0.717, 1.165) is 31.6 Å². The van der Waals surface area contributed by atoms with E-state index < -0.39 is 6.10 Å². The predicted molar refractivity (Wildman–Crippen MR) is 60.9 cm³/mol. The molecule has 1 aromatic heterocycles. The second kappa shape index (κ2) is 4.97. The Morgan fingerprint density at radius 1 is 1.62 bits per heavy atom. The largest absolute Gasteiger partial charge is 0.387 e. The van der Waals surface area contributed by atoms with Crippen molar-refractivity contribution in [3.8, 4) is 0 Å². The van der Waals surface area contributed by atoms with Crippen molar-refractivity contribution in [1.29, 1.82) is 0 Å². The van der Waals surface area contributed by atoms with Gasteiger partial charge >= 0.3 is 0 Å². The molecular formula is C12H20N2O2. The van der Waals surface area contributed by atoms with Crippen LogP contribution in [-0.2, 0) is 11.8 Å². The van der Waals surface area contributed by atoms with Crippen molar-refractivity contribution >= 4 is 0 Å². The van der Waals surface area contributed by atoms with Gasteiger partial charge in [-0.1, -0.05) is 0 Å². The summed E-state index contributed by atoms with van der Waals surface area (Å²) in [6, 6.07) is 1.88. The summed E-state index contributed by atoms with van der Waals surface area (Å²) in [5.41, 5.74) is 0.780. The van der Waals surface area contributed by atoms with E-state index in [1.807, 2.05) is 26.2 Å². The third-order valence-electron chi connectivity index (χ3n) is 3.23. The van der Waals surface area contributed by atoms with E-state index in [4.69, 9.17) is 4.74 Å². The SMILES string of the molecule is CCOC1CC(CC(O)c2ccn(C)n2)C1. The van der Waals surface area contributed by atoms with Crippen LogP contribution in [0.3, 0.4) is 0 Å². The fourth-order valence-corrected chi connectivity index (χ4v) is 2.29. The maximum Gasteiger partial charge on any atom is 0.0981 e. The van der Waals surface area contributed by atoms with Crippen molar-refractivity contribution in [3.05, 3.63) is 18.0 Å². The average Bonchev–Trinajstić information content (AvgIpc) is 2.61. The van der Waals surface area contributed by atoms with Crippen molar-refractivity contribution in [3.63, 3.8) is 0 Å². The van der Waals surface area contributed by atoms with Crippen LogP contribution in [0.25, 0.3) is 0 Å². The molecule has 1 aliphatic carbocycles. The predicted octanol–water partition coefficient (Wildman–Crippen LogP) is 1.66. The molecule has 1 aliphatic rings. The Balaban J connectivity index is 1.75. The van der Waals surface area contributed by atoms with Crippen LogP contribution in [0.2, 0.25) is 0 Å². The molecule has 0 spiro atoms. The van der Waals surface area contributed by atoms with Gasteiger partial charge in [0.15, 0.2) is 0 Å². The summed E-state index contributed by atoms with van der Waals surface area (Å²) in [5.74, 6) is 0.591. The lowest BCUT2D eigenvalue weighted by atomic mass is 9.78. The molecule has 1 N–H and O–H groups in total. The molecule has 2 rings (SSSR count). The maximum atomic E-state index is 9.97. The number of aromatic nitrogens is 2. The van der Waals surface area contributed by atoms with Gasteiger partial charge in [-0.25, -0.2) is 0 Å². The number of hydrogen-bond donors (Lipinski definition) is 1. The first-order valence-corrected chi connectivity index (χ1v) is 5.98. The van der Waals surface area contributed by atoms with Crippen molar-refractivity contribution < 1.29 is 9.84 Å². The Morgan fingerprint density at radius 3 is 2.94 bits per heavy atom. The number of aliphatic hydroxyl groups excluding tert-OH is 1. The lowest BCUT2D eigenvalue weighted by molar-refractivity contribution is -0.0384. The highest BCUT2D eigenvalue weighted by Crippen LogP contribution is 2.36. The molecule has 1 heterocycles. The minimum Gasteiger partial charge on any atom is -0.387 e. The molecule has 0 bridgehead atoms. The van der Waals surface area contributed by atoms with E-state index in [-0.39, 0.29) is 0 Å². The third kappa shape index (κ3) is 2.62. The van der Waals surface area contributed by atoms with Gasteiger partial charge in [-0.15, -0.1) is 0 Å². The molecule has 4 nitrogen and oxygen atoms in total. The fourth-order valence-electron chi connectivity index (χ4n) is 2.29. The highest BCUT2D eigenvalue weighted by Gasteiger charge is 2.31. The number of rotatable bonds is 5. The van der Waals surface area contributed by atoms with E-state index in [9.17, 15) is 5.11 Å². The smallest absolute Gasteiger partial charge is 0.0981 e. The molecule has 0 saturated heterocycles. The monoisotopic (exact) mass is 224 g/mol. The second-order valence-corrected chi connectivity index (χ2v) is 4.58. The summed E-state index contributed by atoms with van der Waals surface area (Å²) in [6.45, 7) is 2.82. The molecule has 1 atom stereocenters. The summed E-state index contributed by atoms with van der Waals surface area (Å²) in [6.07, 6.45) is 4.83. The van der Waals surface area contributed by atoms with Crippen molar-refractivity contribution in [2.75, 3.05) is 6.61 Å². The fraction of sp³-hybridized carbons (Fsp3) is 0.750. The van der Waals surface area contributed by atoms with Crippen LogP contribution < -0.4 is 0 Å². The minimum absolute atomic E-state index is 0.422. The van der Waals surface area contributed by atoms with Gasteiger partial charge in [-0.3, -0.25) is 4.68 Å². The Kier molecular flexibility index (Phi) is 3.61. The van der Waals surface area contributed by atoms with E-state index in [1.165, 1.54) is 0 Å². The molecule has 4 heteroatoms. The van der Waals surface area contributed by atoms with E-state index in [0.29, 0.717) is 12.0 Å². The molecule has 0 radical (unpaired) electrons. The zero-order valence-electron chi connectivity index (χ0n) is 9.97. The molecule has 0 aromatic carbocycles. The first-order valence-electron chi connectivity index (χ1n) is 5.98. The first kappa shape index (κ1) is 11.6. The Hall–Kier alpha value is -0.870. The van der Waals surface area contributed by atoms with Crippen molar-refractivity contribution in [2.45, 2.75) is 38.4 Å². The van der Waals surface area contributed by atoms with Gasteiger partial charge in [0.1, 0.15) is 0 Å². The summed E-state index contributed by atoms with van der Waals surface area (Å²) in [5, 5.41) is 14.2. The summed E-state index contributed by atoms with van der Waals surface area (Å²) >= 11 is 0. The van der Waals surface area contributed by atoms with Crippen LogP contribution in [0.1, 0.15) is 38.0 Å². The third-order valence-corrected chi connectivity index (χ3v) is 3.23. The molecule has 1 aromatic rings. The summed E-state index contributed by atoms with van der Waals surface area (Å²) in [7, 11) is 1.87. The number of aryl methyl sites for hydroxylation is 1. The Morgan fingerprint density at radius 2 is 2.38 bits per heavy atom. The maximum absolute atomic E-state index is 9.97. The zero-order chi connectivity index (χ0) is 11.5. The quantitative estimate of drug-likeness (QED) is 0.827. The standard InChI is InChI=1S/C12H20N2O2/c1-3-16-10-6-9(7-10)8-12(15)11-4-5-14(2)13-11/h4-5,9-10,12,15H,3,6-8H2,1-2H3. The zero-order valence-corrected chi connectivity index (χ0v) is 9.97. The van der Waals surface area contributed by atoms with Crippen LogP contribution in [0.4, 0.5) is 0 Å². The summed E-state index contributed by atoms with van der Waals surface area (Å²) < 4.78 is 7.22. The van der Waals surface area contributed by atoms with Crippen molar-refractivity contribution in [1.82, 2.24) is 9.78 Å². The van der Waals surface area contributed by atoms with Gasteiger partial charge in [0, 0.05) is 19.9 Å². The molecule has 16 heavy (non-hydrogen) atoms. The average molecular weight is 224 g/mol. The van der Waals surface area contributed by atoms with Crippen LogP contribution in [0.5, 0.6) is 0 Å². The van der Waals surface area contributed by atoms with Gasteiger partial charge < -0.3 is 9.84 Å². The minimum atomic E-state index is -0.422. The Bertz CT molecular complexity index is 332. The molecular weight excluding hydrogens is 204 g/mol.